The van der Waals surface area contributed by atoms with Gasteiger partial charge in [0.2, 0.25) is 0 Å². The normalized spacial score (nSPS) is 16.0. The van der Waals surface area contributed by atoms with Crippen LogP contribution in [0.15, 0.2) is 69.3 Å². The van der Waals surface area contributed by atoms with Crippen LogP contribution in [0.2, 0.25) is 0 Å². The molecule has 0 unspecified atom stereocenters. The lowest BCUT2D eigenvalue weighted by atomic mass is 10.4. The largest absolute Gasteiger partial charge is 0.353 e. The van der Waals surface area contributed by atoms with Crippen LogP contribution in [0.3, 0.4) is 0 Å². The minimum Gasteiger partial charge on any atom is -0.353 e. The summed E-state index contributed by atoms with van der Waals surface area (Å²) in [6.07, 6.45) is 16.6. The van der Waals surface area contributed by atoms with Gasteiger partial charge in [0.15, 0.2) is 0 Å². The van der Waals surface area contributed by atoms with Crippen LogP contribution in [0.4, 0.5) is 0 Å². The molecule has 1 heterocycles. The van der Waals surface area contributed by atoms with Gasteiger partial charge in [-0.15, -0.1) is 5.11 Å². The number of allylic oxidation sites excluding steroid dienone is 4. The zero-order valence-electron chi connectivity index (χ0n) is 8.06. The maximum absolute atomic E-state index is 3.88. The summed E-state index contributed by atoms with van der Waals surface area (Å²) >= 11 is 0. The number of rotatable bonds is 0. The first-order valence-electron chi connectivity index (χ1n) is 4.33. The summed E-state index contributed by atoms with van der Waals surface area (Å²) in [4.78, 5) is 7.73. The Morgan fingerprint density at radius 3 is 2.67 bits per heavy atom. The Balaban J connectivity index is 2.62. The van der Waals surface area contributed by atoms with Crippen LogP contribution in [-0.2, 0) is 0 Å². The van der Waals surface area contributed by atoms with E-state index in [-0.39, 0.29) is 0 Å². The molecule has 5 nitrogen and oxygen atoms in total. The van der Waals surface area contributed by atoms with Gasteiger partial charge in [-0.05, 0) is 12.2 Å². The molecule has 0 amide bonds. The summed E-state index contributed by atoms with van der Waals surface area (Å²) < 4.78 is 0. The van der Waals surface area contributed by atoms with E-state index in [0.29, 0.717) is 0 Å². The van der Waals surface area contributed by atoms with Crippen molar-refractivity contribution in [2.24, 2.45) is 20.2 Å². The van der Waals surface area contributed by atoms with Gasteiger partial charge in [0.05, 0.1) is 12.5 Å². The van der Waals surface area contributed by atoms with E-state index in [0.717, 1.165) is 0 Å². The topological polar surface area (TPSA) is 61.5 Å². The molecule has 15 heavy (non-hydrogen) atoms. The van der Waals surface area contributed by atoms with Gasteiger partial charge in [-0.2, -0.15) is 5.11 Å². The fourth-order valence-corrected chi connectivity index (χ4v) is 0.673. The molecule has 1 N–H and O–H groups in total. The maximum atomic E-state index is 3.88. The summed E-state index contributed by atoms with van der Waals surface area (Å²) in [6, 6.07) is 0. The highest BCUT2D eigenvalue weighted by Gasteiger charge is 1.68. The third-order valence-electron chi connectivity index (χ3n) is 1.25. The molecule has 5 heteroatoms. The molecule has 0 aliphatic carbocycles. The van der Waals surface area contributed by atoms with Crippen molar-refractivity contribution in [2.75, 3.05) is 0 Å². The second-order valence-electron chi connectivity index (χ2n) is 2.32. The average Bonchev–Trinajstić information content (AvgIpc) is 2.27. The first-order valence-corrected chi connectivity index (χ1v) is 4.33. The number of aliphatic imine (C=N–C) groups is 2. The van der Waals surface area contributed by atoms with Gasteiger partial charge in [-0.25, -0.2) is 9.98 Å². The quantitative estimate of drug-likeness (QED) is 0.641. The Bertz CT molecular complexity index is 324. The lowest BCUT2D eigenvalue weighted by Gasteiger charge is -1.83. The van der Waals surface area contributed by atoms with Crippen LogP contribution in [0, 0.1) is 0 Å². The van der Waals surface area contributed by atoms with Crippen molar-refractivity contribution >= 4 is 12.7 Å². The van der Waals surface area contributed by atoms with Gasteiger partial charge in [0, 0.05) is 18.6 Å². The first-order chi connectivity index (χ1) is 7.50. The minimum absolute atomic E-state index is 1.35. The molecule has 0 aromatic heterocycles. The molecule has 0 bridgehead atoms. The van der Waals surface area contributed by atoms with E-state index in [4.69, 9.17) is 0 Å². The zero-order chi connectivity index (χ0) is 10.6. The molecule has 0 aromatic carbocycles. The van der Waals surface area contributed by atoms with Crippen LogP contribution in [-0.4, -0.2) is 12.7 Å². The monoisotopic (exact) mass is 201 g/mol. The molecule has 0 atom stereocenters. The smallest absolute Gasteiger partial charge is 0.137 e. The molecular weight excluding hydrogens is 190 g/mol. The summed E-state index contributed by atoms with van der Waals surface area (Å²) in [6.45, 7) is 0. The van der Waals surface area contributed by atoms with E-state index in [1.54, 1.807) is 24.8 Å². The van der Waals surface area contributed by atoms with E-state index in [9.17, 15) is 0 Å². The molecule has 0 aromatic rings. The van der Waals surface area contributed by atoms with E-state index in [1.807, 2.05) is 18.2 Å². The summed E-state index contributed by atoms with van der Waals surface area (Å²) in [5.41, 5.74) is 0. The Kier molecular flexibility index (Phi) is 5.97. The predicted molar refractivity (Wildman–Crippen MR) is 61.5 cm³/mol. The Morgan fingerprint density at radius 2 is 1.67 bits per heavy atom. The second kappa shape index (κ2) is 8.31. The lowest BCUT2D eigenvalue weighted by Crippen LogP contribution is -1.98. The summed E-state index contributed by atoms with van der Waals surface area (Å²) in [5, 5.41) is 10.2. The minimum atomic E-state index is 1.35. The zero-order valence-corrected chi connectivity index (χ0v) is 8.06. The lowest BCUT2D eigenvalue weighted by molar-refractivity contribution is 1.26. The molecule has 0 spiro atoms. The van der Waals surface area contributed by atoms with E-state index in [2.05, 4.69) is 25.5 Å². The van der Waals surface area contributed by atoms with Crippen LogP contribution in [0.5, 0.6) is 0 Å². The molecule has 0 radical (unpaired) electrons. The van der Waals surface area contributed by atoms with Crippen molar-refractivity contribution < 1.29 is 0 Å². The number of hydrogen-bond donors (Lipinski definition) is 1. The van der Waals surface area contributed by atoms with Gasteiger partial charge >= 0.3 is 0 Å². The number of azo groups is 1. The molecule has 0 saturated carbocycles. The average molecular weight is 201 g/mol. The van der Waals surface area contributed by atoms with Crippen molar-refractivity contribution in [1.29, 1.82) is 0 Å². The highest BCUT2D eigenvalue weighted by atomic mass is 15.1. The highest BCUT2D eigenvalue weighted by molar-refractivity contribution is 5.57. The van der Waals surface area contributed by atoms with Crippen molar-refractivity contribution in [3.05, 3.63) is 49.1 Å². The van der Waals surface area contributed by atoms with Gasteiger partial charge in [0.25, 0.3) is 0 Å². The fraction of sp³-hybridized carbons (Fsp3) is 0. The molecule has 1 aliphatic heterocycles. The van der Waals surface area contributed by atoms with E-state index < -0.39 is 0 Å². The van der Waals surface area contributed by atoms with Gasteiger partial charge in [0.1, 0.15) is 6.34 Å². The first kappa shape index (κ1) is 10.8. The van der Waals surface area contributed by atoms with Crippen molar-refractivity contribution in [3.63, 3.8) is 0 Å². The summed E-state index contributed by atoms with van der Waals surface area (Å²) in [7, 11) is 0. The molecule has 0 saturated heterocycles. The molecule has 76 valence electrons. The fourth-order valence-electron chi connectivity index (χ4n) is 0.673. The van der Waals surface area contributed by atoms with Crippen molar-refractivity contribution in [2.45, 2.75) is 0 Å². The standard InChI is InChI=1S/C10H11N5/c1-2-4-6-12-10-15-14-8-7-13-9-11-5-3-1/h1-10H,(H,11,13). The van der Waals surface area contributed by atoms with Crippen molar-refractivity contribution in [3.8, 4) is 0 Å². The van der Waals surface area contributed by atoms with Crippen LogP contribution < -0.4 is 5.32 Å². The van der Waals surface area contributed by atoms with Gasteiger partial charge < -0.3 is 5.32 Å². The molecule has 1 aliphatic rings. The van der Waals surface area contributed by atoms with Crippen LogP contribution >= 0.6 is 0 Å². The molecule has 0 fully saturated rings. The molecule has 1 rings (SSSR count). The maximum Gasteiger partial charge on any atom is 0.137 e. The number of nitrogens with zero attached hydrogens (tertiary/aromatic N) is 4. The predicted octanol–water partition coefficient (Wildman–Crippen LogP) is 2.15. The Hall–Kier alpha value is -2.30. The third kappa shape index (κ3) is 6.83. The van der Waals surface area contributed by atoms with Crippen LogP contribution in [0.25, 0.3) is 0 Å². The SMILES string of the molecule is C1=CC=CNC=NC=CN=NC=NC=C1. The van der Waals surface area contributed by atoms with Gasteiger partial charge in [-0.1, -0.05) is 12.2 Å². The second-order valence-corrected chi connectivity index (χ2v) is 2.32. The van der Waals surface area contributed by atoms with E-state index >= 15 is 0 Å². The molecular formula is C10H11N5. The van der Waals surface area contributed by atoms with Crippen LogP contribution in [0.1, 0.15) is 0 Å². The number of hydrogen-bond acceptors (Lipinski definition) is 5. The summed E-state index contributed by atoms with van der Waals surface area (Å²) in [5.74, 6) is 0. The Labute approximate surface area is 88.0 Å². The van der Waals surface area contributed by atoms with E-state index in [1.165, 1.54) is 18.7 Å². The number of nitrogens with one attached hydrogen (secondary N) is 1. The third-order valence-corrected chi connectivity index (χ3v) is 1.25. The highest BCUT2D eigenvalue weighted by Crippen LogP contribution is 1.82. The van der Waals surface area contributed by atoms with Crippen molar-refractivity contribution in [1.82, 2.24) is 5.32 Å². The Morgan fingerprint density at radius 1 is 0.733 bits per heavy atom. The van der Waals surface area contributed by atoms with Gasteiger partial charge in [-0.3, -0.25) is 0 Å².